The van der Waals surface area contributed by atoms with Gasteiger partial charge in [-0.15, -0.1) is 0 Å². The maximum absolute atomic E-state index is 12.7. The van der Waals surface area contributed by atoms with Crippen LogP contribution in [-0.4, -0.2) is 64.6 Å². The molecule has 0 unspecified atom stereocenters. The molecule has 0 aliphatic carbocycles. The highest BCUT2D eigenvalue weighted by Crippen LogP contribution is 2.33. The van der Waals surface area contributed by atoms with Crippen LogP contribution in [0.5, 0.6) is 0 Å². The van der Waals surface area contributed by atoms with Gasteiger partial charge in [0.25, 0.3) is 11.8 Å². The molecule has 37 heavy (non-hydrogen) atoms. The number of aromatic nitrogens is 1. The predicted molar refractivity (Wildman–Crippen MR) is 143 cm³/mol. The molecule has 0 spiro atoms. The number of carbonyl (C=O) groups is 2. The van der Waals surface area contributed by atoms with Crippen LogP contribution in [-0.2, 0) is 11.0 Å². The lowest BCUT2D eigenvalue weighted by Gasteiger charge is -2.26. The van der Waals surface area contributed by atoms with Gasteiger partial charge in [0.2, 0.25) is 0 Å². The molecule has 2 aliphatic heterocycles. The van der Waals surface area contributed by atoms with E-state index in [9.17, 15) is 22.8 Å². The van der Waals surface area contributed by atoms with Crippen LogP contribution < -0.4 is 10.6 Å². The second kappa shape index (κ2) is 12.2. The summed E-state index contributed by atoms with van der Waals surface area (Å²) in [6, 6.07) is 7.76. The first-order valence-corrected chi connectivity index (χ1v) is 13.8. The number of amidine groups is 1. The number of amides is 2. The largest absolute Gasteiger partial charge is 0.417 e. The van der Waals surface area contributed by atoms with Crippen LogP contribution in [0.3, 0.4) is 0 Å². The predicted octanol–water partition coefficient (Wildman–Crippen LogP) is 5.00. The van der Waals surface area contributed by atoms with Crippen molar-refractivity contribution in [2.75, 3.05) is 43.0 Å². The minimum Gasteiger partial charge on any atom is -0.369 e. The fraction of sp³-hybridized carbons (Fsp3) is 0.333. The van der Waals surface area contributed by atoms with E-state index in [0.29, 0.717) is 30.0 Å². The van der Waals surface area contributed by atoms with Gasteiger partial charge in [-0.05, 0) is 48.0 Å². The molecule has 1 fully saturated rings. The summed E-state index contributed by atoms with van der Waals surface area (Å²) in [6.07, 6.45) is -1.56. The number of alkyl halides is 3. The van der Waals surface area contributed by atoms with Crippen molar-refractivity contribution in [3.05, 3.63) is 63.1 Å². The summed E-state index contributed by atoms with van der Waals surface area (Å²) >= 11 is 9.12. The third kappa shape index (κ3) is 7.42. The first-order valence-electron chi connectivity index (χ1n) is 11.4. The fourth-order valence-corrected chi connectivity index (χ4v) is 5.63. The Kier molecular flexibility index (Phi) is 9.04. The molecule has 0 saturated carbocycles. The quantitative estimate of drug-likeness (QED) is 0.358. The molecule has 2 aromatic rings. The second-order valence-electron chi connectivity index (χ2n) is 8.12. The van der Waals surface area contributed by atoms with Gasteiger partial charge in [-0.1, -0.05) is 23.7 Å². The Morgan fingerprint density at radius 3 is 2.70 bits per heavy atom. The summed E-state index contributed by atoms with van der Waals surface area (Å²) in [4.78, 5) is 35.5. The number of pyridine rings is 1. The average Bonchev–Trinajstić information content (AvgIpc) is 3.24. The van der Waals surface area contributed by atoms with Crippen molar-refractivity contribution in [3.8, 4) is 0 Å². The number of aliphatic imine (C=N–C) groups is 1. The Bertz CT molecular complexity index is 1230. The highest BCUT2D eigenvalue weighted by atomic mass is 35.5. The van der Waals surface area contributed by atoms with Gasteiger partial charge >= 0.3 is 6.18 Å². The van der Waals surface area contributed by atoms with Gasteiger partial charge in [-0.3, -0.25) is 9.59 Å². The third-order valence-electron chi connectivity index (χ3n) is 5.44. The van der Waals surface area contributed by atoms with Crippen LogP contribution in [0.25, 0.3) is 6.08 Å². The van der Waals surface area contributed by atoms with Crippen molar-refractivity contribution in [3.63, 3.8) is 0 Å². The number of benzene rings is 1. The standard InChI is InChI=1S/C24H23ClF3N5O2S2/c25-18-13-17(24(26,27)28)14-31-20(18)29-5-2-6-30-21(34)16-4-1-3-15(11-16)12-19-22(35)32-23(37-19)33-7-9-36-10-8-33/h1,3-4,11-14H,2,5-10H2,(H,29,31)(H,30,34)/b19-12+. The molecule has 0 atom stereocenters. The van der Waals surface area contributed by atoms with E-state index in [1.54, 1.807) is 24.3 Å². The van der Waals surface area contributed by atoms with Gasteiger partial charge in [0, 0.05) is 49.4 Å². The number of rotatable bonds is 7. The number of halogens is 4. The molecule has 7 nitrogen and oxygen atoms in total. The topological polar surface area (TPSA) is 86.7 Å². The van der Waals surface area contributed by atoms with Gasteiger partial charge in [0.1, 0.15) is 5.82 Å². The minimum atomic E-state index is -4.51. The van der Waals surface area contributed by atoms with Crippen molar-refractivity contribution < 1.29 is 22.8 Å². The summed E-state index contributed by atoms with van der Waals surface area (Å²) in [5.74, 6) is 1.62. The normalized spacial score (nSPS) is 17.2. The van der Waals surface area contributed by atoms with Crippen molar-refractivity contribution in [1.82, 2.24) is 15.2 Å². The Labute approximate surface area is 225 Å². The Morgan fingerprint density at radius 1 is 1.19 bits per heavy atom. The average molecular weight is 570 g/mol. The van der Waals surface area contributed by atoms with E-state index in [0.717, 1.165) is 47.6 Å². The van der Waals surface area contributed by atoms with E-state index in [2.05, 4.69) is 25.5 Å². The third-order valence-corrected chi connectivity index (χ3v) is 7.71. The molecule has 13 heteroatoms. The minimum absolute atomic E-state index is 0.129. The molecule has 196 valence electrons. The van der Waals surface area contributed by atoms with Crippen LogP contribution in [0.4, 0.5) is 19.0 Å². The van der Waals surface area contributed by atoms with Gasteiger partial charge in [-0.2, -0.15) is 29.9 Å². The molecule has 0 radical (unpaired) electrons. The zero-order valence-corrected chi connectivity index (χ0v) is 21.9. The van der Waals surface area contributed by atoms with E-state index in [1.807, 2.05) is 17.8 Å². The summed E-state index contributed by atoms with van der Waals surface area (Å²) in [6.45, 7) is 2.42. The number of thioether (sulfide) groups is 2. The number of carbonyl (C=O) groups excluding carboxylic acids is 2. The number of nitrogens with one attached hydrogen (secondary N) is 2. The molecular formula is C24H23ClF3N5O2S2. The molecule has 3 heterocycles. The monoisotopic (exact) mass is 569 g/mol. The maximum atomic E-state index is 12.7. The van der Waals surface area contributed by atoms with Crippen molar-refractivity contribution in [2.24, 2.45) is 4.99 Å². The van der Waals surface area contributed by atoms with E-state index < -0.39 is 11.7 Å². The van der Waals surface area contributed by atoms with Crippen LogP contribution in [0.15, 0.2) is 46.4 Å². The highest BCUT2D eigenvalue weighted by Gasteiger charge is 2.31. The molecular weight excluding hydrogens is 547 g/mol. The lowest BCUT2D eigenvalue weighted by Crippen LogP contribution is -2.35. The lowest BCUT2D eigenvalue weighted by atomic mass is 10.1. The van der Waals surface area contributed by atoms with Gasteiger partial charge in [-0.25, -0.2) is 4.98 Å². The lowest BCUT2D eigenvalue weighted by molar-refractivity contribution is -0.137. The van der Waals surface area contributed by atoms with Crippen LogP contribution in [0, 0.1) is 0 Å². The van der Waals surface area contributed by atoms with E-state index in [4.69, 9.17) is 11.6 Å². The molecule has 2 amide bonds. The summed E-state index contributed by atoms with van der Waals surface area (Å²) in [5, 5.41) is 6.27. The van der Waals surface area contributed by atoms with E-state index in [1.165, 1.54) is 11.8 Å². The molecule has 2 aliphatic rings. The van der Waals surface area contributed by atoms with Crippen LogP contribution >= 0.6 is 35.1 Å². The SMILES string of the molecule is O=C1N=C(N2CCSCC2)S/C1=C/c1cccc(C(=O)NCCCNc2ncc(C(F)(F)F)cc2Cl)c1. The first kappa shape index (κ1) is 27.3. The van der Waals surface area contributed by atoms with Crippen molar-refractivity contribution in [2.45, 2.75) is 12.6 Å². The van der Waals surface area contributed by atoms with Crippen LogP contribution in [0.1, 0.15) is 27.9 Å². The zero-order chi connectivity index (χ0) is 26.4. The van der Waals surface area contributed by atoms with Crippen molar-refractivity contribution in [1.29, 1.82) is 0 Å². The molecule has 1 aromatic carbocycles. The maximum Gasteiger partial charge on any atom is 0.417 e. The van der Waals surface area contributed by atoms with Gasteiger partial charge < -0.3 is 15.5 Å². The highest BCUT2D eigenvalue weighted by molar-refractivity contribution is 8.18. The van der Waals surface area contributed by atoms with E-state index in [-0.39, 0.29) is 22.7 Å². The second-order valence-corrected chi connectivity index (χ2v) is 10.8. The van der Waals surface area contributed by atoms with Crippen molar-refractivity contribution >= 4 is 64.0 Å². The van der Waals surface area contributed by atoms with Gasteiger partial charge in [0.05, 0.1) is 15.5 Å². The number of hydrogen-bond acceptors (Lipinski definition) is 7. The Balaban J connectivity index is 1.25. The smallest absolute Gasteiger partial charge is 0.369 e. The summed E-state index contributed by atoms with van der Waals surface area (Å²) < 4.78 is 38.1. The molecule has 2 N–H and O–H groups in total. The Morgan fingerprint density at radius 2 is 1.97 bits per heavy atom. The number of nitrogens with zero attached hydrogens (tertiary/aromatic N) is 3. The van der Waals surface area contributed by atoms with Crippen LogP contribution in [0.2, 0.25) is 5.02 Å². The zero-order valence-electron chi connectivity index (χ0n) is 19.5. The first-order chi connectivity index (χ1) is 17.7. The summed E-state index contributed by atoms with van der Waals surface area (Å²) in [5.41, 5.74) is 0.247. The van der Waals surface area contributed by atoms with E-state index >= 15 is 0 Å². The molecule has 1 saturated heterocycles. The number of hydrogen-bond donors (Lipinski definition) is 2. The molecule has 0 bridgehead atoms. The summed E-state index contributed by atoms with van der Waals surface area (Å²) in [7, 11) is 0. The number of anilines is 1. The van der Waals surface area contributed by atoms with Gasteiger partial charge in [0.15, 0.2) is 5.17 Å². The fourth-order valence-electron chi connectivity index (χ4n) is 3.53. The Hall–Kier alpha value is -2.70. The molecule has 4 rings (SSSR count). The molecule has 1 aromatic heterocycles.